The van der Waals surface area contributed by atoms with Crippen molar-refractivity contribution in [3.63, 3.8) is 0 Å². The van der Waals surface area contributed by atoms with Crippen molar-refractivity contribution in [1.29, 1.82) is 0 Å². The van der Waals surface area contributed by atoms with Crippen LogP contribution in [-0.2, 0) is 68.5 Å². The van der Waals surface area contributed by atoms with Crippen LogP contribution in [0.25, 0.3) is 0 Å². The first-order valence-corrected chi connectivity index (χ1v) is 26.3. The fourth-order valence-electron chi connectivity index (χ4n) is 7.41. The number of ether oxygens (including phenoxy) is 4. The standard InChI is InChI=1S/C50H87N9O15/c51-33-46(64)58-40(43(61)32-42(60)39(52)31-38-34-53-37-57-38)17-15-16-22-54-45(63)21-20-41(50(69)70)59-48(66)36-74-30-28-72-26-24-56-47(65)35-73-29-27-71-25-23-55-44(62)18-13-11-9-7-5-3-1-2-4-6-8-10-12-14-19-49(67)68/h34,37,39-41H,1-33,35-36,51-52H2,(H,53,57)(H,54,63)(H,55,62)(H,56,65)(H,58,64)(H,59,66)(H,67,68)(H,69,70)/t39-,40?,41?/m0/s1. The van der Waals surface area contributed by atoms with Crippen LogP contribution in [0.15, 0.2) is 12.5 Å². The summed E-state index contributed by atoms with van der Waals surface area (Å²) in [4.78, 5) is 115. The minimum atomic E-state index is -1.35. The number of nitrogens with two attached hydrogens (primary N) is 2. The van der Waals surface area contributed by atoms with Crippen molar-refractivity contribution < 1.29 is 72.3 Å². The third kappa shape index (κ3) is 39.1. The number of carbonyl (C=O) groups excluding carboxylic acids is 7. The van der Waals surface area contributed by atoms with Crippen molar-refractivity contribution in [3.05, 3.63) is 18.2 Å². The minimum absolute atomic E-state index is 0.00894. The van der Waals surface area contributed by atoms with Gasteiger partial charge < -0.3 is 72.2 Å². The molecule has 0 aliphatic rings. The van der Waals surface area contributed by atoms with Crippen LogP contribution in [0, 0.1) is 0 Å². The number of carbonyl (C=O) groups is 9. The van der Waals surface area contributed by atoms with Gasteiger partial charge in [-0.25, -0.2) is 9.78 Å². The van der Waals surface area contributed by atoms with Crippen molar-refractivity contribution in [2.45, 2.75) is 166 Å². The first-order chi connectivity index (χ1) is 35.7. The molecule has 2 unspecified atom stereocenters. The molecule has 1 rings (SSSR count). The highest BCUT2D eigenvalue weighted by Crippen LogP contribution is 2.14. The zero-order valence-corrected chi connectivity index (χ0v) is 43.4. The number of rotatable bonds is 51. The number of carboxylic acids is 2. The largest absolute Gasteiger partial charge is 0.481 e. The number of nitrogens with zero attached hydrogens (tertiary/aromatic N) is 1. The molecule has 3 atom stereocenters. The zero-order valence-electron chi connectivity index (χ0n) is 43.4. The molecular formula is C50H87N9O15. The molecule has 24 heteroatoms. The Bertz CT molecular complexity index is 1740. The SMILES string of the molecule is NCC(=O)NC(CCCCNC(=O)CCC(NC(=O)COCCOCCNC(=O)COCCOCCNC(=O)CCCCCCCCCCCCCCCCC(=O)O)C(=O)O)C(=O)CC(=O)[C@@H](N)Cc1c[nH]cn1. The average molecular weight is 1050 g/mol. The Labute approximate surface area is 435 Å². The summed E-state index contributed by atoms with van der Waals surface area (Å²) < 4.78 is 21.4. The highest BCUT2D eigenvalue weighted by molar-refractivity contribution is 6.04. The summed E-state index contributed by atoms with van der Waals surface area (Å²) in [5, 5.41) is 31.2. The lowest BCUT2D eigenvalue weighted by Gasteiger charge is -2.18. The van der Waals surface area contributed by atoms with E-state index in [1.165, 1.54) is 57.7 Å². The maximum Gasteiger partial charge on any atom is 0.326 e. The van der Waals surface area contributed by atoms with Crippen molar-refractivity contribution >= 4 is 53.0 Å². The van der Waals surface area contributed by atoms with Crippen LogP contribution in [0.1, 0.15) is 147 Å². The van der Waals surface area contributed by atoms with E-state index in [0.29, 0.717) is 38.1 Å². The number of aromatic nitrogens is 2. The summed E-state index contributed by atoms with van der Waals surface area (Å²) in [7, 11) is 0. The minimum Gasteiger partial charge on any atom is -0.481 e. The molecular weight excluding hydrogens is 967 g/mol. The second-order valence-electron chi connectivity index (χ2n) is 18.0. The molecule has 1 aromatic rings. The fourth-order valence-corrected chi connectivity index (χ4v) is 7.41. The molecule has 0 saturated heterocycles. The third-order valence-corrected chi connectivity index (χ3v) is 11.6. The Kier molecular flexibility index (Phi) is 40.5. The number of carboxylic acid groups (broad SMARTS) is 2. The van der Waals surface area contributed by atoms with Crippen molar-refractivity contribution in [2.75, 3.05) is 79.0 Å². The highest BCUT2D eigenvalue weighted by Gasteiger charge is 2.26. The number of hydrogen-bond donors (Lipinski definition) is 10. The second kappa shape index (κ2) is 45.0. The van der Waals surface area contributed by atoms with Gasteiger partial charge in [0.2, 0.25) is 29.5 Å². The molecule has 1 aromatic heterocycles. The number of hydrogen-bond acceptors (Lipinski definition) is 16. The molecule has 1 heterocycles. The molecule has 0 radical (unpaired) electrons. The van der Waals surface area contributed by atoms with Crippen LogP contribution in [0.3, 0.4) is 0 Å². The van der Waals surface area contributed by atoms with Crippen molar-refractivity contribution in [2.24, 2.45) is 11.5 Å². The molecule has 0 bridgehead atoms. The second-order valence-corrected chi connectivity index (χ2v) is 18.0. The van der Waals surface area contributed by atoms with Gasteiger partial charge in [0.1, 0.15) is 19.3 Å². The Morgan fingerprint density at radius 2 is 1.03 bits per heavy atom. The Balaban J connectivity index is 2.01. The van der Waals surface area contributed by atoms with E-state index in [2.05, 4.69) is 36.6 Å². The van der Waals surface area contributed by atoms with E-state index in [1.54, 1.807) is 6.20 Å². The Morgan fingerprint density at radius 3 is 1.57 bits per heavy atom. The summed E-state index contributed by atoms with van der Waals surface area (Å²) in [6, 6.07) is -3.28. The van der Waals surface area contributed by atoms with Crippen molar-refractivity contribution in [3.8, 4) is 0 Å². The number of Topliss-reactive ketones (excluding diaryl/α,β-unsaturated/α-hetero) is 2. The summed E-state index contributed by atoms with van der Waals surface area (Å²) in [5.74, 6) is -5.12. The summed E-state index contributed by atoms with van der Waals surface area (Å²) >= 11 is 0. The number of aromatic amines is 1. The average Bonchev–Trinajstić information content (AvgIpc) is 3.88. The molecule has 0 saturated carbocycles. The van der Waals surface area contributed by atoms with E-state index < -0.39 is 72.4 Å². The maximum absolute atomic E-state index is 12.9. The zero-order chi connectivity index (χ0) is 54.4. The molecule has 74 heavy (non-hydrogen) atoms. The van der Waals surface area contributed by atoms with Gasteiger partial charge in [-0.1, -0.05) is 77.0 Å². The molecule has 422 valence electrons. The highest BCUT2D eigenvalue weighted by atomic mass is 16.5. The normalized spacial score (nSPS) is 12.3. The monoisotopic (exact) mass is 1050 g/mol. The molecule has 0 spiro atoms. The van der Waals surface area contributed by atoms with E-state index in [9.17, 15) is 48.3 Å². The molecule has 0 fully saturated rings. The molecule has 0 aliphatic carbocycles. The first kappa shape index (κ1) is 66.6. The van der Waals surface area contributed by atoms with Gasteiger partial charge in [0.25, 0.3) is 0 Å². The molecule has 5 amide bonds. The summed E-state index contributed by atoms with van der Waals surface area (Å²) in [6.07, 6.45) is 19.9. The van der Waals surface area contributed by atoms with E-state index in [4.69, 9.17) is 35.5 Å². The fraction of sp³-hybridized carbons (Fsp3) is 0.760. The van der Waals surface area contributed by atoms with Gasteiger partial charge in [-0.05, 0) is 38.5 Å². The third-order valence-electron chi connectivity index (χ3n) is 11.6. The lowest BCUT2D eigenvalue weighted by atomic mass is 9.97. The van der Waals surface area contributed by atoms with Crippen LogP contribution in [-0.4, -0.2) is 170 Å². The van der Waals surface area contributed by atoms with Crippen LogP contribution in [0.4, 0.5) is 0 Å². The van der Waals surface area contributed by atoms with Crippen LogP contribution in [0.2, 0.25) is 0 Å². The molecule has 0 aliphatic heterocycles. The Hall–Kier alpha value is -5.40. The van der Waals surface area contributed by atoms with Gasteiger partial charge in [-0.15, -0.1) is 0 Å². The lowest BCUT2D eigenvalue weighted by molar-refractivity contribution is -0.143. The molecule has 0 aromatic carbocycles. The number of ketones is 2. The van der Waals surface area contributed by atoms with E-state index in [1.807, 2.05) is 0 Å². The lowest BCUT2D eigenvalue weighted by Crippen LogP contribution is -2.45. The quantitative estimate of drug-likeness (QED) is 0.0326. The van der Waals surface area contributed by atoms with Gasteiger partial charge in [-0.2, -0.15) is 0 Å². The molecule has 24 nitrogen and oxygen atoms in total. The van der Waals surface area contributed by atoms with Gasteiger partial charge in [0.05, 0.1) is 76.7 Å². The summed E-state index contributed by atoms with van der Waals surface area (Å²) in [6.45, 7) is 0.932. The van der Waals surface area contributed by atoms with Crippen molar-refractivity contribution in [1.82, 2.24) is 36.6 Å². The number of amides is 5. The number of H-pyrrole nitrogens is 1. The predicted octanol–water partition coefficient (Wildman–Crippen LogP) is 1.51. The van der Waals surface area contributed by atoms with E-state index in [0.717, 1.165) is 38.5 Å². The number of imidazole rings is 1. The number of nitrogens with one attached hydrogen (secondary N) is 6. The van der Waals surface area contributed by atoms with Gasteiger partial charge in [-0.3, -0.25) is 38.4 Å². The predicted molar refractivity (Wildman–Crippen MR) is 272 cm³/mol. The van der Waals surface area contributed by atoms with Gasteiger partial charge >= 0.3 is 11.9 Å². The van der Waals surface area contributed by atoms with E-state index >= 15 is 0 Å². The summed E-state index contributed by atoms with van der Waals surface area (Å²) in [5.41, 5.74) is 11.9. The Morgan fingerprint density at radius 1 is 0.527 bits per heavy atom. The van der Waals surface area contributed by atoms with Gasteiger partial charge in [0.15, 0.2) is 11.6 Å². The topological polar surface area (TPSA) is 372 Å². The van der Waals surface area contributed by atoms with Crippen LogP contribution < -0.4 is 38.1 Å². The number of aliphatic carboxylic acids is 2. The smallest absolute Gasteiger partial charge is 0.326 e. The van der Waals surface area contributed by atoms with E-state index in [-0.39, 0.29) is 103 Å². The first-order valence-electron chi connectivity index (χ1n) is 26.3. The van der Waals surface area contributed by atoms with Crippen LogP contribution in [0.5, 0.6) is 0 Å². The maximum atomic E-state index is 12.9. The molecule has 12 N–H and O–H groups in total. The van der Waals surface area contributed by atoms with Gasteiger partial charge in [0, 0.05) is 51.5 Å². The van der Waals surface area contributed by atoms with Crippen LogP contribution >= 0.6 is 0 Å². The number of unbranched alkanes of at least 4 members (excludes halogenated alkanes) is 14.